The van der Waals surface area contributed by atoms with Gasteiger partial charge in [-0.05, 0) is 28.8 Å². The third kappa shape index (κ3) is 3.84. The molecule has 8 nitrogen and oxygen atoms in total. The van der Waals surface area contributed by atoms with Crippen LogP contribution in [0.2, 0.25) is 0 Å². The second-order valence-electron chi connectivity index (χ2n) is 7.51. The van der Waals surface area contributed by atoms with Gasteiger partial charge < -0.3 is 10.2 Å². The number of nitrogens with one attached hydrogen (secondary N) is 1. The minimum atomic E-state index is -0.655. The lowest BCUT2D eigenvalue weighted by atomic mass is 10.1. The van der Waals surface area contributed by atoms with Gasteiger partial charge in [0.25, 0.3) is 5.91 Å². The van der Waals surface area contributed by atoms with E-state index in [0.717, 1.165) is 27.3 Å². The Morgan fingerprint density at radius 1 is 1.26 bits per heavy atom. The maximum absolute atomic E-state index is 13.0. The third-order valence-corrected chi connectivity index (χ3v) is 6.51. The average Bonchev–Trinajstić information content (AvgIpc) is 3.42. The molecule has 1 N–H and O–H groups in total. The number of anilines is 1. The molecule has 0 saturated heterocycles. The molecular weight excluding hydrogens is 412 g/mol. The molecule has 0 bridgehead atoms. The number of thioether (sulfide) groups is 1. The van der Waals surface area contributed by atoms with Crippen LogP contribution in [-0.2, 0) is 17.9 Å². The van der Waals surface area contributed by atoms with Crippen LogP contribution in [0.4, 0.5) is 5.69 Å². The van der Waals surface area contributed by atoms with Crippen LogP contribution in [0.25, 0.3) is 0 Å². The maximum atomic E-state index is 13.0. The van der Waals surface area contributed by atoms with E-state index in [1.165, 1.54) is 0 Å². The maximum Gasteiger partial charge on any atom is 0.274 e. The lowest BCUT2D eigenvalue weighted by molar-refractivity contribution is -0.119. The van der Waals surface area contributed by atoms with Crippen LogP contribution in [0.5, 0.6) is 0 Å². The van der Waals surface area contributed by atoms with Gasteiger partial charge in [0, 0.05) is 23.9 Å². The number of rotatable bonds is 4. The van der Waals surface area contributed by atoms with E-state index in [2.05, 4.69) is 26.7 Å². The van der Waals surface area contributed by atoms with Crippen molar-refractivity contribution in [3.8, 4) is 0 Å². The number of nitrogens with zero attached hydrogens (tertiary/aromatic N) is 5. The van der Waals surface area contributed by atoms with Crippen LogP contribution >= 0.6 is 11.8 Å². The summed E-state index contributed by atoms with van der Waals surface area (Å²) in [4.78, 5) is 32.7. The summed E-state index contributed by atoms with van der Waals surface area (Å²) >= 11 is 1.56. The van der Waals surface area contributed by atoms with Crippen LogP contribution < -0.4 is 10.2 Å². The Bertz CT molecular complexity index is 1190. The molecule has 3 aromatic rings. The van der Waals surface area contributed by atoms with E-state index in [0.29, 0.717) is 18.8 Å². The topological polar surface area (TPSA) is 92.5 Å². The van der Waals surface area contributed by atoms with Crippen molar-refractivity contribution in [2.45, 2.75) is 24.0 Å². The van der Waals surface area contributed by atoms with Crippen molar-refractivity contribution < 1.29 is 9.59 Å². The van der Waals surface area contributed by atoms with E-state index >= 15 is 0 Å². The van der Waals surface area contributed by atoms with Crippen molar-refractivity contribution in [3.05, 3.63) is 71.0 Å². The highest BCUT2D eigenvalue weighted by Crippen LogP contribution is 2.37. The molecule has 3 heterocycles. The molecule has 9 heteroatoms. The molecule has 1 atom stereocenters. The Hall–Kier alpha value is -3.46. The van der Waals surface area contributed by atoms with Crippen LogP contribution in [0.3, 0.4) is 0 Å². The number of hydrogen-bond donors (Lipinski definition) is 1. The lowest BCUT2D eigenvalue weighted by Crippen LogP contribution is -2.48. The van der Waals surface area contributed by atoms with Crippen molar-refractivity contribution >= 4 is 35.5 Å². The zero-order chi connectivity index (χ0) is 21.4. The Morgan fingerprint density at radius 3 is 2.94 bits per heavy atom. The summed E-state index contributed by atoms with van der Waals surface area (Å²) in [7, 11) is 1.74. The number of amides is 2. The van der Waals surface area contributed by atoms with Gasteiger partial charge in [-0.2, -0.15) is 0 Å². The number of aromatic nitrogens is 3. The quantitative estimate of drug-likeness (QED) is 0.682. The molecule has 0 spiro atoms. The minimum Gasteiger partial charge on any atom is -0.338 e. The molecule has 0 radical (unpaired) electrons. The average molecular weight is 433 g/mol. The number of carbonyl (C=O) groups excluding carboxylic acids is 2. The number of likely N-dealkylation sites (N-methyl/N-ethyl adjacent to an activating group) is 1. The predicted octanol–water partition coefficient (Wildman–Crippen LogP) is 2.13. The Kier molecular flexibility index (Phi) is 5.03. The van der Waals surface area contributed by atoms with Gasteiger partial charge in [0.05, 0.1) is 25.0 Å². The van der Waals surface area contributed by atoms with Gasteiger partial charge in [-0.25, -0.2) is 4.68 Å². The minimum absolute atomic E-state index is 0.161. The molecule has 0 aliphatic carbocycles. The van der Waals surface area contributed by atoms with E-state index in [-0.39, 0.29) is 11.6 Å². The van der Waals surface area contributed by atoms with Gasteiger partial charge in [0.15, 0.2) is 5.69 Å². The van der Waals surface area contributed by atoms with E-state index < -0.39 is 11.9 Å². The summed E-state index contributed by atoms with van der Waals surface area (Å²) < 4.78 is 1.61. The second-order valence-corrected chi connectivity index (χ2v) is 8.57. The van der Waals surface area contributed by atoms with Gasteiger partial charge in [-0.3, -0.25) is 14.6 Å². The van der Waals surface area contributed by atoms with E-state index in [1.807, 2.05) is 42.6 Å². The first-order valence-electron chi connectivity index (χ1n) is 9.90. The SMILES string of the molecule is CN1C(=O)[C@@H](NC(=O)c2cn(Cc3ccccc3)nn2)CSc2cc3c(cc21)C=NC3. The van der Waals surface area contributed by atoms with Crippen molar-refractivity contribution in [1.82, 2.24) is 20.3 Å². The second kappa shape index (κ2) is 7.99. The Morgan fingerprint density at radius 2 is 2.10 bits per heavy atom. The molecular formula is C22H20N6O2S. The van der Waals surface area contributed by atoms with Crippen molar-refractivity contribution in [2.75, 3.05) is 17.7 Å². The predicted molar refractivity (Wildman–Crippen MR) is 119 cm³/mol. The molecule has 2 aromatic carbocycles. The summed E-state index contributed by atoms with van der Waals surface area (Å²) in [6.07, 6.45) is 3.43. The Balaban J connectivity index is 1.30. The summed E-state index contributed by atoms with van der Waals surface area (Å²) in [5.74, 6) is -0.127. The fourth-order valence-corrected chi connectivity index (χ4v) is 4.83. The van der Waals surface area contributed by atoms with E-state index in [9.17, 15) is 9.59 Å². The number of benzene rings is 2. The van der Waals surface area contributed by atoms with E-state index in [4.69, 9.17) is 0 Å². The van der Waals surface area contributed by atoms with E-state index in [1.54, 1.807) is 34.6 Å². The standard InChI is InChI=1S/C22H20N6O2S/c1-27-19-7-15-9-23-10-16(15)8-20(19)31-13-18(22(27)30)24-21(29)17-12-28(26-25-17)11-14-5-3-2-4-6-14/h2-9,12,18H,10-11,13H2,1H3,(H,24,29)/t18-/m0/s1. The monoisotopic (exact) mass is 432 g/mol. The first-order valence-corrected chi connectivity index (χ1v) is 10.9. The molecule has 2 aliphatic rings. The zero-order valence-corrected chi connectivity index (χ0v) is 17.7. The summed E-state index contributed by atoms with van der Waals surface area (Å²) in [5.41, 5.74) is 4.29. The van der Waals surface area contributed by atoms with Gasteiger partial charge in [0.2, 0.25) is 5.91 Å². The summed E-state index contributed by atoms with van der Waals surface area (Å²) in [5, 5.41) is 10.9. The molecule has 0 saturated carbocycles. The van der Waals surface area contributed by atoms with Gasteiger partial charge in [-0.1, -0.05) is 35.5 Å². The van der Waals surface area contributed by atoms with Crippen LogP contribution in [0, 0.1) is 0 Å². The number of aliphatic imine (C=N–C) groups is 1. The highest BCUT2D eigenvalue weighted by Gasteiger charge is 2.31. The number of fused-ring (bicyclic) bond motifs is 2. The third-order valence-electron chi connectivity index (χ3n) is 5.37. The summed E-state index contributed by atoms with van der Waals surface area (Å²) in [6.45, 7) is 1.19. The first-order chi connectivity index (χ1) is 15.1. The smallest absolute Gasteiger partial charge is 0.274 e. The molecule has 2 aliphatic heterocycles. The van der Waals surface area contributed by atoms with Gasteiger partial charge in [-0.15, -0.1) is 16.9 Å². The lowest BCUT2D eigenvalue weighted by Gasteiger charge is -2.21. The zero-order valence-electron chi connectivity index (χ0n) is 16.9. The molecule has 5 rings (SSSR count). The van der Waals surface area contributed by atoms with Crippen LogP contribution in [0.1, 0.15) is 27.2 Å². The molecule has 1 aromatic heterocycles. The fraction of sp³-hybridized carbons (Fsp3) is 0.227. The molecule has 0 fully saturated rings. The highest BCUT2D eigenvalue weighted by molar-refractivity contribution is 7.99. The first kappa shape index (κ1) is 19.5. The van der Waals surface area contributed by atoms with Crippen molar-refractivity contribution in [1.29, 1.82) is 0 Å². The number of hydrogen-bond acceptors (Lipinski definition) is 6. The number of carbonyl (C=O) groups is 2. The fourth-order valence-electron chi connectivity index (χ4n) is 3.69. The molecule has 31 heavy (non-hydrogen) atoms. The Labute approximate surface area is 183 Å². The molecule has 0 unspecified atom stereocenters. The normalized spacial score (nSPS) is 17.3. The van der Waals surface area contributed by atoms with Crippen molar-refractivity contribution in [2.24, 2.45) is 4.99 Å². The highest BCUT2D eigenvalue weighted by atomic mass is 32.2. The van der Waals surface area contributed by atoms with Gasteiger partial charge >= 0.3 is 0 Å². The summed E-state index contributed by atoms with van der Waals surface area (Å²) in [6, 6.07) is 13.2. The molecule has 156 valence electrons. The molecule has 2 amide bonds. The van der Waals surface area contributed by atoms with Crippen molar-refractivity contribution in [3.63, 3.8) is 0 Å². The van der Waals surface area contributed by atoms with Crippen LogP contribution in [0.15, 0.2) is 58.5 Å². The largest absolute Gasteiger partial charge is 0.338 e. The van der Waals surface area contributed by atoms with Gasteiger partial charge in [0.1, 0.15) is 6.04 Å². The van der Waals surface area contributed by atoms with Crippen LogP contribution in [-0.4, -0.2) is 51.9 Å².